The number of hydrogen-bond donors (Lipinski definition) is 0. The Bertz CT molecular complexity index is 1240. The first-order valence-corrected chi connectivity index (χ1v) is 8.88. The zero-order valence-electron chi connectivity index (χ0n) is 15.3. The fourth-order valence-electron chi connectivity index (χ4n) is 3.41. The Balaban J connectivity index is 1.65. The number of hydrogen-bond acceptors (Lipinski definition) is 4. The first-order valence-electron chi connectivity index (χ1n) is 8.88. The first kappa shape index (κ1) is 17.9. The van der Waals surface area contributed by atoms with Gasteiger partial charge in [-0.2, -0.15) is 5.10 Å². The maximum atomic E-state index is 13.8. The highest BCUT2D eigenvalue weighted by Gasteiger charge is 2.14. The van der Waals surface area contributed by atoms with E-state index in [0.29, 0.717) is 22.3 Å². The van der Waals surface area contributed by atoms with Crippen LogP contribution in [0.1, 0.15) is 12.0 Å². The third kappa shape index (κ3) is 3.15. The summed E-state index contributed by atoms with van der Waals surface area (Å²) in [6.45, 7) is 0.161. The van der Waals surface area contributed by atoms with Gasteiger partial charge in [0.25, 0.3) is 5.56 Å². The molecule has 2 heterocycles. The molecule has 4 rings (SSSR count). The fraction of sp³-hybridized carbons (Fsp3) is 0.190. The molecule has 0 saturated carbocycles. The average molecular weight is 379 g/mol. The van der Waals surface area contributed by atoms with E-state index in [1.165, 1.54) is 27.4 Å². The first-order chi connectivity index (χ1) is 13.6. The van der Waals surface area contributed by atoms with Crippen molar-refractivity contribution in [2.24, 2.45) is 0 Å². The molecule has 0 aliphatic heterocycles. The number of nitrogens with zero attached hydrogens (tertiary/aromatic N) is 3. The number of aromatic nitrogens is 3. The Morgan fingerprint density at radius 3 is 2.75 bits per heavy atom. The van der Waals surface area contributed by atoms with E-state index in [-0.39, 0.29) is 30.7 Å². The smallest absolute Gasteiger partial charge is 0.277 e. The van der Waals surface area contributed by atoms with Gasteiger partial charge in [0.05, 0.1) is 24.3 Å². The molecule has 0 amide bonds. The molecular formula is C21H18FN3O3. The van der Waals surface area contributed by atoms with Crippen LogP contribution in [0, 0.1) is 5.82 Å². The van der Waals surface area contributed by atoms with Gasteiger partial charge in [-0.1, -0.05) is 18.2 Å². The molecule has 0 fully saturated rings. The molecular weight excluding hydrogens is 361 g/mol. The molecule has 7 heteroatoms. The van der Waals surface area contributed by atoms with Crippen molar-refractivity contribution in [3.63, 3.8) is 0 Å². The Morgan fingerprint density at radius 2 is 1.93 bits per heavy atom. The van der Waals surface area contributed by atoms with Gasteiger partial charge in [0.1, 0.15) is 22.9 Å². The van der Waals surface area contributed by atoms with E-state index >= 15 is 0 Å². The lowest BCUT2D eigenvalue weighted by Crippen LogP contribution is -2.24. The second-order valence-corrected chi connectivity index (χ2v) is 6.50. The largest absolute Gasteiger partial charge is 0.496 e. The normalized spacial score (nSPS) is 11.2. The Hall–Kier alpha value is -3.48. The molecule has 0 bridgehead atoms. The number of carbonyl (C=O) groups is 1. The van der Waals surface area contributed by atoms with Crippen LogP contribution in [0.5, 0.6) is 5.75 Å². The molecule has 0 radical (unpaired) electrons. The number of ketones is 1. The predicted octanol–water partition coefficient (Wildman–Crippen LogP) is 3.00. The number of carbonyl (C=O) groups excluding carboxylic acids is 1. The average Bonchev–Trinajstić information content (AvgIpc) is 3.18. The van der Waals surface area contributed by atoms with Crippen LogP contribution in [0.4, 0.5) is 4.39 Å². The second-order valence-electron chi connectivity index (χ2n) is 6.50. The molecule has 0 aliphatic rings. The molecule has 0 N–H and O–H groups in total. The third-order valence-corrected chi connectivity index (χ3v) is 4.76. The highest BCUT2D eigenvalue weighted by molar-refractivity contribution is 5.82. The summed E-state index contributed by atoms with van der Waals surface area (Å²) >= 11 is 0. The fourth-order valence-corrected chi connectivity index (χ4v) is 3.41. The van der Waals surface area contributed by atoms with Gasteiger partial charge in [0.2, 0.25) is 0 Å². The number of para-hydroxylation sites is 1. The van der Waals surface area contributed by atoms with Crippen LogP contribution < -0.4 is 10.3 Å². The van der Waals surface area contributed by atoms with Gasteiger partial charge >= 0.3 is 0 Å². The summed E-state index contributed by atoms with van der Waals surface area (Å²) in [6, 6.07) is 13.1. The molecule has 6 nitrogen and oxygen atoms in total. The van der Waals surface area contributed by atoms with E-state index in [0.717, 1.165) is 5.56 Å². The lowest BCUT2D eigenvalue weighted by atomic mass is 10.1. The number of fused-ring (bicyclic) bond motifs is 3. The number of halogens is 1. The Morgan fingerprint density at radius 1 is 1.11 bits per heavy atom. The van der Waals surface area contributed by atoms with E-state index in [1.54, 1.807) is 25.3 Å². The highest BCUT2D eigenvalue weighted by Crippen LogP contribution is 2.19. The van der Waals surface area contributed by atoms with Crippen molar-refractivity contribution in [3.05, 3.63) is 76.5 Å². The van der Waals surface area contributed by atoms with Crippen LogP contribution in [-0.2, 0) is 17.8 Å². The summed E-state index contributed by atoms with van der Waals surface area (Å²) in [5, 5.41) is 4.15. The summed E-state index contributed by atoms with van der Waals surface area (Å²) in [5.41, 5.74) is 1.89. The standard InChI is InChI=1S/C21H18FN3O3/c1-28-20-5-3-2-4-14(20)12-16(26)9-11-24-19-13-15(22)6-7-17(19)25-18(21(24)27)8-10-23-25/h2-8,10,13H,9,11-12H2,1H3. The van der Waals surface area contributed by atoms with Gasteiger partial charge in [0.15, 0.2) is 0 Å². The van der Waals surface area contributed by atoms with Crippen molar-refractivity contribution in [2.45, 2.75) is 19.4 Å². The quantitative estimate of drug-likeness (QED) is 0.517. The lowest BCUT2D eigenvalue weighted by Gasteiger charge is -2.12. The molecule has 0 unspecified atom stereocenters. The van der Waals surface area contributed by atoms with Gasteiger partial charge in [-0.25, -0.2) is 8.91 Å². The molecule has 0 saturated heterocycles. The molecule has 2 aromatic carbocycles. The Kier molecular flexibility index (Phi) is 4.65. The van der Waals surface area contributed by atoms with E-state index in [4.69, 9.17) is 4.74 Å². The zero-order valence-corrected chi connectivity index (χ0v) is 15.3. The molecule has 0 aliphatic carbocycles. The van der Waals surface area contributed by atoms with E-state index in [9.17, 15) is 14.0 Å². The number of rotatable bonds is 6. The van der Waals surface area contributed by atoms with Crippen molar-refractivity contribution in [1.82, 2.24) is 14.2 Å². The van der Waals surface area contributed by atoms with Gasteiger partial charge in [-0.3, -0.25) is 9.59 Å². The van der Waals surface area contributed by atoms with Gasteiger partial charge < -0.3 is 9.30 Å². The molecule has 28 heavy (non-hydrogen) atoms. The SMILES string of the molecule is COc1ccccc1CC(=O)CCn1c(=O)c2ccnn2c2ccc(F)cc21. The van der Waals surface area contributed by atoms with E-state index in [1.807, 2.05) is 18.2 Å². The lowest BCUT2D eigenvalue weighted by molar-refractivity contribution is -0.118. The predicted molar refractivity (Wildman–Crippen MR) is 103 cm³/mol. The molecule has 142 valence electrons. The number of ether oxygens (including phenoxy) is 1. The summed E-state index contributed by atoms with van der Waals surface area (Å²) in [5.74, 6) is 0.169. The molecule has 4 aromatic rings. The van der Waals surface area contributed by atoms with E-state index in [2.05, 4.69) is 5.10 Å². The monoisotopic (exact) mass is 379 g/mol. The molecule has 0 atom stereocenters. The van der Waals surface area contributed by atoms with E-state index < -0.39 is 5.82 Å². The molecule has 0 spiro atoms. The van der Waals surface area contributed by atoms with Crippen molar-refractivity contribution in [2.75, 3.05) is 7.11 Å². The van der Waals surface area contributed by atoms with Crippen molar-refractivity contribution in [3.8, 4) is 5.75 Å². The molecule has 2 aromatic heterocycles. The summed E-state index contributed by atoms with van der Waals surface area (Å²) in [6.07, 6.45) is 1.88. The van der Waals surface area contributed by atoms with Crippen molar-refractivity contribution in [1.29, 1.82) is 0 Å². The van der Waals surface area contributed by atoms with Crippen molar-refractivity contribution < 1.29 is 13.9 Å². The number of methoxy groups -OCH3 is 1. The summed E-state index contributed by atoms with van der Waals surface area (Å²) in [7, 11) is 1.56. The Labute approximate surface area is 159 Å². The topological polar surface area (TPSA) is 65.6 Å². The zero-order chi connectivity index (χ0) is 19.7. The maximum Gasteiger partial charge on any atom is 0.277 e. The van der Waals surface area contributed by atoms with Crippen LogP contribution in [0.25, 0.3) is 16.6 Å². The van der Waals surface area contributed by atoms with Crippen molar-refractivity contribution >= 4 is 22.3 Å². The van der Waals surface area contributed by atoms with Gasteiger partial charge in [-0.05, 0) is 30.3 Å². The van der Waals surface area contributed by atoms with Crippen LogP contribution in [0.3, 0.4) is 0 Å². The van der Waals surface area contributed by atoms with Crippen LogP contribution in [-0.4, -0.2) is 27.1 Å². The summed E-state index contributed by atoms with van der Waals surface area (Å²) in [4.78, 5) is 25.4. The minimum atomic E-state index is -0.451. The number of aryl methyl sites for hydroxylation is 1. The maximum absolute atomic E-state index is 13.8. The second kappa shape index (κ2) is 7.26. The van der Waals surface area contributed by atoms with Gasteiger partial charge in [0, 0.05) is 24.9 Å². The minimum Gasteiger partial charge on any atom is -0.496 e. The van der Waals surface area contributed by atoms with Crippen LogP contribution in [0.15, 0.2) is 59.5 Å². The minimum absolute atomic E-state index is 0.0330. The van der Waals surface area contributed by atoms with Gasteiger partial charge in [-0.15, -0.1) is 0 Å². The highest BCUT2D eigenvalue weighted by atomic mass is 19.1. The number of benzene rings is 2. The van der Waals surface area contributed by atoms with Crippen LogP contribution in [0.2, 0.25) is 0 Å². The van der Waals surface area contributed by atoms with Crippen LogP contribution >= 0.6 is 0 Å². The third-order valence-electron chi connectivity index (χ3n) is 4.76. The number of Topliss-reactive ketones (excluding diaryl/α,β-unsaturated/α-hetero) is 1. The summed E-state index contributed by atoms with van der Waals surface area (Å²) < 4.78 is 22.0.